The summed E-state index contributed by atoms with van der Waals surface area (Å²) in [7, 11) is -1.81. The quantitative estimate of drug-likeness (QED) is 0.307. The van der Waals surface area contributed by atoms with Gasteiger partial charge in [-0.2, -0.15) is 0 Å². The van der Waals surface area contributed by atoms with Gasteiger partial charge in [-0.25, -0.2) is 0 Å². The summed E-state index contributed by atoms with van der Waals surface area (Å²) < 4.78 is 13.1. The summed E-state index contributed by atoms with van der Waals surface area (Å²) in [5.41, 5.74) is 0. The second-order valence-corrected chi connectivity index (χ2v) is 4.63. The predicted molar refractivity (Wildman–Crippen MR) is 70.5 cm³/mol. The van der Waals surface area contributed by atoms with Gasteiger partial charge in [0.1, 0.15) is 0 Å². The van der Waals surface area contributed by atoms with E-state index in [2.05, 4.69) is 27.4 Å². The molecule has 18 heavy (non-hydrogen) atoms. The molecule has 0 aliphatic carbocycles. The average Bonchev–Trinajstić information content (AvgIpc) is 2.37. The van der Waals surface area contributed by atoms with Gasteiger partial charge < -0.3 is 15.3 Å². The van der Waals surface area contributed by atoms with Gasteiger partial charge in [0.2, 0.25) is 0 Å². The fourth-order valence-electron chi connectivity index (χ4n) is 1.11. The van der Waals surface area contributed by atoms with Crippen molar-refractivity contribution in [3.8, 4) is 0 Å². The van der Waals surface area contributed by atoms with Crippen LogP contribution in [0.3, 0.4) is 0 Å². The van der Waals surface area contributed by atoms with E-state index < -0.39 is 29.0 Å². The number of hydrogen-bond acceptors (Lipinski definition) is 6. The molecule has 7 heteroatoms. The molecule has 0 unspecified atom stereocenters. The molecule has 0 rings (SSSR count). The molecule has 0 bridgehead atoms. The lowest BCUT2D eigenvalue weighted by Gasteiger charge is -2.11. The van der Waals surface area contributed by atoms with E-state index in [1.165, 1.54) is 38.5 Å². The molecule has 0 saturated heterocycles. The van der Waals surface area contributed by atoms with Crippen LogP contribution in [-0.4, -0.2) is 35.7 Å². The largest absolute Gasteiger partial charge is 0.370 e. The van der Waals surface area contributed by atoms with Crippen LogP contribution in [0.15, 0.2) is 0 Å². The van der Waals surface area contributed by atoms with Crippen molar-refractivity contribution >= 4 is 8.60 Å². The number of aliphatic hydroxyl groups excluding tert-OH is 3. The van der Waals surface area contributed by atoms with E-state index in [0.29, 0.717) is 0 Å². The molecule has 0 amide bonds. The summed E-state index contributed by atoms with van der Waals surface area (Å²) in [4.78, 5) is 0. The van der Waals surface area contributed by atoms with Crippen molar-refractivity contribution in [2.24, 2.45) is 0 Å². The van der Waals surface area contributed by atoms with E-state index in [1.54, 1.807) is 0 Å². The maximum Gasteiger partial charge on any atom is 0.339 e. The minimum atomic E-state index is -1.81. The van der Waals surface area contributed by atoms with Crippen LogP contribution in [0.2, 0.25) is 0 Å². The van der Waals surface area contributed by atoms with Crippen molar-refractivity contribution in [3.63, 3.8) is 0 Å². The molecule has 0 radical (unpaired) electrons. The first kappa shape index (κ1) is 20.5. The van der Waals surface area contributed by atoms with Crippen LogP contribution in [0, 0.1) is 0 Å². The molecule has 0 heterocycles. The van der Waals surface area contributed by atoms with Crippen LogP contribution in [0.4, 0.5) is 0 Å². The monoisotopic (exact) mass is 286 g/mol. The third-order valence-electron chi connectivity index (χ3n) is 1.95. The third kappa shape index (κ3) is 18.6. The van der Waals surface area contributed by atoms with Gasteiger partial charge in [0.05, 0.1) is 0 Å². The smallest absolute Gasteiger partial charge is 0.339 e. The van der Waals surface area contributed by atoms with E-state index in [0.717, 1.165) is 0 Å². The molecular weight excluding hydrogens is 259 g/mol. The molecule has 6 nitrogen and oxygen atoms in total. The third-order valence-corrected chi connectivity index (χ3v) is 2.93. The number of rotatable bonds is 11. The van der Waals surface area contributed by atoms with Gasteiger partial charge in [-0.1, -0.05) is 52.4 Å². The highest BCUT2D eigenvalue weighted by molar-refractivity contribution is 7.41. The molecule has 0 aromatic carbocycles. The summed E-state index contributed by atoms with van der Waals surface area (Å²) in [6.45, 7) is 2.78. The van der Waals surface area contributed by atoms with E-state index in [4.69, 9.17) is 15.3 Å². The fourth-order valence-corrected chi connectivity index (χ4v) is 1.61. The van der Waals surface area contributed by atoms with E-state index in [1.807, 2.05) is 0 Å². The van der Waals surface area contributed by atoms with Crippen molar-refractivity contribution in [2.75, 3.05) is 20.4 Å². The highest BCUT2D eigenvalue weighted by Crippen LogP contribution is 2.38. The van der Waals surface area contributed by atoms with E-state index in [9.17, 15) is 0 Å². The highest BCUT2D eigenvalue weighted by Gasteiger charge is 2.09. The topological polar surface area (TPSA) is 88.4 Å². The Morgan fingerprint density at radius 3 is 1.22 bits per heavy atom. The zero-order chi connectivity index (χ0) is 14.1. The highest BCUT2D eigenvalue weighted by atomic mass is 31.2. The average molecular weight is 286 g/mol. The summed E-state index contributed by atoms with van der Waals surface area (Å²) in [6, 6.07) is 0. The summed E-state index contributed by atoms with van der Waals surface area (Å²) in [6.07, 6.45) is 8.49. The molecule has 0 saturated carbocycles. The minimum absolute atomic E-state index is 0.578. The van der Waals surface area contributed by atoms with Crippen LogP contribution < -0.4 is 0 Å². The van der Waals surface area contributed by atoms with Crippen LogP contribution >= 0.6 is 8.60 Å². The van der Waals surface area contributed by atoms with Gasteiger partial charge in [0.25, 0.3) is 0 Å². The molecule has 0 aliphatic heterocycles. The lowest BCUT2D eigenvalue weighted by molar-refractivity contribution is 0.00275. The van der Waals surface area contributed by atoms with Crippen LogP contribution in [0.5, 0.6) is 0 Å². The Bertz CT molecular complexity index is 118. The van der Waals surface area contributed by atoms with E-state index >= 15 is 0 Å². The van der Waals surface area contributed by atoms with Crippen molar-refractivity contribution in [1.82, 2.24) is 0 Å². The zero-order valence-corrected chi connectivity index (χ0v) is 12.3. The molecule has 112 valence electrons. The van der Waals surface area contributed by atoms with Crippen molar-refractivity contribution in [3.05, 3.63) is 0 Å². The SMILES string of the molecule is CCCCCCCC.OCOP(OCO)OCO. The summed E-state index contributed by atoms with van der Waals surface area (Å²) >= 11 is 0. The van der Waals surface area contributed by atoms with Gasteiger partial charge >= 0.3 is 8.60 Å². The van der Waals surface area contributed by atoms with Gasteiger partial charge in [-0.15, -0.1) is 0 Å². The molecule has 3 N–H and O–H groups in total. The molecule has 0 spiro atoms. The van der Waals surface area contributed by atoms with Gasteiger partial charge in [0.15, 0.2) is 20.4 Å². The Morgan fingerprint density at radius 1 is 0.667 bits per heavy atom. The first-order valence-corrected chi connectivity index (χ1v) is 7.37. The van der Waals surface area contributed by atoms with Crippen LogP contribution in [-0.2, 0) is 13.6 Å². The fraction of sp³-hybridized carbons (Fsp3) is 1.00. The molecule has 0 aromatic rings. The molecule has 0 atom stereocenters. The van der Waals surface area contributed by atoms with Crippen molar-refractivity contribution in [1.29, 1.82) is 0 Å². The lowest BCUT2D eigenvalue weighted by Crippen LogP contribution is -1.97. The Hall–Kier alpha value is 0.190. The molecule has 0 aromatic heterocycles. The predicted octanol–water partition coefficient (Wildman–Crippen LogP) is 2.48. The Balaban J connectivity index is 0. The van der Waals surface area contributed by atoms with Crippen molar-refractivity contribution in [2.45, 2.75) is 52.4 Å². The van der Waals surface area contributed by atoms with Gasteiger partial charge in [0, 0.05) is 0 Å². The minimum Gasteiger partial charge on any atom is -0.370 e. The Kier molecular flexibility index (Phi) is 22.2. The summed E-state index contributed by atoms with van der Waals surface area (Å²) in [5.74, 6) is 0. The Labute approximate surface area is 111 Å². The summed E-state index contributed by atoms with van der Waals surface area (Å²) in [5, 5.41) is 24.5. The van der Waals surface area contributed by atoms with Gasteiger partial charge in [-0.3, -0.25) is 13.6 Å². The van der Waals surface area contributed by atoms with Crippen LogP contribution in [0.1, 0.15) is 52.4 Å². The van der Waals surface area contributed by atoms with Crippen LogP contribution in [0.25, 0.3) is 0 Å². The van der Waals surface area contributed by atoms with Crippen molar-refractivity contribution < 1.29 is 28.9 Å². The first-order chi connectivity index (χ1) is 8.76. The first-order valence-electron chi connectivity index (χ1n) is 6.28. The molecule has 0 fully saturated rings. The maximum atomic E-state index is 8.16. The Morgan fingerprint density at radius 2 is 1.00 bits per heavy atom. The standard InChI is InChI=1S/C8H18.C3H9O6P/c1-3-5-7-8-6-4-2;4-1-7-10(8-2-5)9-3-6/h3-8H2,1-2H3;4-6H,1-3H2. The maximum absolute atomic E-state index is 8.16. The number of aliphatic hydroxyl groups is 3. The van der Waals surface area contributed by atoms with E-state index in [-0.39, 0.29) is 0 Å². The molecule has 0 aliphatic rings. The number of hydrogen-bond donors (Lipinski definition) is 3. The number of unbranched alkanes of at least 4 members (excludes halogenated alkanes) is 5. The second-order valence-electron chi connectivity index (χ2n) is 3.41. The zero-order valence-electron chi connectivity index (χ0n) is 11.4. The van der Waals surface area contributed by atoms with Gasteiger partial charge in [-0.05, 0) is 0 Å². The molecular formula is C11H27O6P. The lowest BCUT2D eigenvalue weighted by atomic mass is 10.1. The normalized spacial score (nSPS) is 10.3. The second kappa shape index (κ2) is 19.5.